The van der Waals surface area contributed by atoms with E-state index >= 15 is 0 Å². The van der Waals surface area contributed by atoms with E-state index in [1.807, 2.05) is 55.5 Å². The summed E-state index contributed by atoms with van der Waals surface area (Å²) >= 11 is 6.14. The first kappa shape index (κ1) is 17.1. The Kier molecular flexibility index (Phi) is 5.36. The second kappa shape index (κ2) is 7.86. The zero-order chi connectivity index (χ0) is 17.6. The lowest BCUT2D eigenvalue weighted by molar-refractivity contribution is -0.115. The smallest absolute Gasteiger partial charge is 0.228 e. The average Bonchev–Trinajstić information content (AvgIpc) is 2.60. The van der Waals surface area contributed by atoms with E-state index in [-0.39, 0.29) is 5.91 Å². The number of benzene rings is 3. The number of hydrogen-bond donors (Lipinski definition) is 1. The van der Waals surface area contributed by atoms with Crippen molar-refractivity contribution in [2.24, 2.45) is 0 Å². The Labute approximate surface area is 152 Å². The van der Waals surface area contributed by atoms with Crippen molar-refractivity contribution in [1.82, 2.24) is 0 Å². The molecule has 0 saturated heterocycles. The molecule has 0 saturated carbocycles. The fraction of sp³-hybridized carbons (Fsp3) is 0.0952. The SMILES string of the molecule is Cc1ccc(CC(=O)Nc2ccccc2Oc2ccccc2Cl)cc1. The van der Waals surface area contributed by atoms with Gasteiger partial charge in [-0.3, -0.25) is 4.79 Å². The maximum absolute atomic E-state index is 12.3. The molecule has 3 aromatic rings. The largest absolute Gasteiger partial charge is 0.454 e. The van der Waals surface area contributed by atoms with E-state index in [2.05, 4.69) is 5.32 Å². The highest BCUT2D eigenvalue weighted by Gasteiger charge is 2.10. The van der Waals surface area contributed by atoms with Gasteiger partial charge in [0.2, 0.25) is 5.91 Å². The van der Waals surface area contributed by atoms with Gasteiger partial charge in [-0.15, -0.1) is 0 Å². The molecule has 25 heavy (non-hydrogen) atoms. The Morgan fingerprint density at radius 3 is 2.28 bits per heavy atom. The molecule has 0 aliphatic carbocycles. The zero-order valence-electron chi connectivity index (χ0n) is 13.8. The van der Waals surface area contributed by atoms with E-state index in [0.717, 1.165) is 5.56 Å². The molecule has 0 fully saturated rings. The van der Waals surface area contributed by atoms with Gasteiger partial charge in [0.15, 0.2) is 5.75 Å². The number of anilines is 1. The fourth-order valence-corrected chi connectivity index (χ4v) is 2.56. The molecule has 1 amide bonds. The molecule has 3 aromatic carbocycles. The Morgan fingerprint density at radius 1 is 0.920 bits per heavy atom. The summed E-state index contributed by atoms with van der Waals surface area (Å²) in [5.41, 5.74) is 2.75. The number of carbonyl (C=O) groups excluding carboxylic acids is 1. The van der Waals surface area contributed by atoms with E-state index in [4.69, 9.17) is 16.3 Å². The third-order valence-electron chi connectivity index (χ3n) is 3.70. The third kappa shape index (κ3) is 4.61. The van der Waals surface area contributed by atoms with Gasteiger partial charge in [-0.05, 0) is 36.8 Å². The van der Waals surface area contributed by atoms with Crippen molar-refractivity contribution in [3.8, 4) is 11.5 Å². The summed E-state index contributed by atoms with van der Waals surface area (Å²) in [4.78, 5) is 12.3. The van der Waals surface area contributed by atoms with Gasteiger partial charge in [0.1, 0.15) is 5.75 Å². The molecule has 0 unspecified atom stereocenters. The van der Waals surface area contributed by atoms with Gasteiger partial charge in [0.05, 0.1) is 17.1 Å². The third-order valence-corrected chi connectivity index (χ3v) is 4.02. The van der Waals surface area contributed by atoms with E-state index in [1.165, 1.54) is 5.56 Å². The standard InChI is InChI=1S/C21H18ClNO2/c1-15-10-12-16(13-11-15)14-21(24)23-18-7-3-5-9-20(18)25-19-8-4-2-6-17(19)22/h2-13H,14H2,1H3,(H,23,24). The van der Waals surface area contributed by atoms with Crippen LogP contribution in [0.5, 0.6) is 11.5 Å². The molecule has 0 heterocycles. The minimum atomic E-state index is -0.0981. The molecule has 3 nitrogen and oxygen atoms in total. The molecule has 0 bridgehead atoms. The second-order valence-electron chi connectivity index (χ2n) is 5.74. The number of hydrogen-bond acceptors (Lipinski definition) is 2. The maximum Gasteiger partial charge on any atom is 0.228 e. The lowest BCUT2D eigenvalue weighted by atomic mass is 10.1. The van der Waals surface area contributed by atoms with Crippen molar-refractivity contribution in [3.63, 3.8) is 0 Å². The van der Waals surface area contributed by atoms with Gasteiger partial charge >= 0.3 is 0 Å². The minimum absolute atomic E-state index is 0.0981. The van der Waals surface area contributed by atoms with Gasteiger partial charge in [0, 0.05) is 0 Å². The van der Waals surface area contributed by atoms with Crippen molar-refractivity contribution in [2.45, 2.75) is 13.3 Å². The van der Waals surface area contributed by atoms with Gasteiger partial charge in [-0.1, -0.05) is 65.7 Å². The van der Waals surface area contributed by atoms with Crippen LogP contribution in [0.4, 0.5) is 5.69 Å². The van der Waals surface area contributed by atoms with Crippen molar-refractivity contribution in [1.29, 1.82) is 0 Å². The molecule has 0 atom stereocenters. The van der Waals surface area contributed by atoms with Crippen LogP contribution in [0, 0.1) is 6.92 Å². The number of carbonyl (C=O) groups is 1. The quantitative estimate of drug-likeness (QED) is 0.647. The zero-order valence-corrected chi connectivity index (χ0v) is 14.6. The lowest BCUT2D eigenvalue weighted by Gasteiger charge is -2.13. The van der Waals surface area contributed by atoms with Gasteiger partial charge in [-0.25, -0.2) is 0 Å². The Hall–Kier alpha value is -2.78. The van der Waals surface area contributed by atoms with Crippen molar-refractivity contribution in [2.75, 3.05) is 5.32 Å². The first-order valence-corrected chi connectivity index (χ1v) is 8.36. The van der Waals surface area contributed by atoms with Gasteiger partial charge in [-0.2, -0.15) is 0 Å². The topological polar surface area (TPSA) is 38.3 Å². The molecule has 1 N–H and O–H groups in total. The van der Waals surface area contributed by atoms with Crippen LogP contribution < -0.4 is 10.1 Å². The first-order chi connectivity index (χ1) is 12.1. The number of halogens is 1. The fourth-order valence-electron chi connectivity index (χ4n) is 2.39. The predicted octanol–water partition coefficient (Wildman–Crippen LogP) is 5.62. The summed E-state index contributed by atoms with van der Waals surface area (Å²) in [6.45, 7) is 2.02. The Balaban J connectivity index is 1.73. The molecule has 0 radical (unpaired) electrons. The van der Waals surface area contributed by atoms with Crippen LogP contribution in [0.1, 0.15) is 11.1 Å². The van der Waals surface area contributed by atoms with Crippen molar-refractivity contribution in [3.05, 3.63) is 88.9 Å². The summed E-state index contributed by atoms with van der Waals surface area (Å²) in [7, 11) is 0. The van der Waals surface area contributed by atoms with E-state index in [1.54, 1.807) is 24.3 Å². The highest BCUT2D eigenvalue weighted by Crippen LogP contribution is 2.33. The number of amides is 1. The van der Waals surface area contributed by atoms with Crippen LogP contribution in [0.25, 0.3) is 0 Å². The van der Waals surface area contributed by atoms with E-state index in [9.17, 15) is 4.79 Å². The van der Waals surface area contributed by atoms with E-state index in [0.29, 0.717) is 28.6 Å². The van der Waals surface area contributed by atoms with Crippen LogP contribution in [0.2, 0.25) is 5.02 Å². The molecular weight excluding hydrogens is 334 g/mol. The molecule has 4 heteroatoms. The molecular formula is C21H18ClNO2. The molecule has 0 spiro atoms. The Bertz CT molecular complexity index is 875. The molecule has 0 aromatic heterocycles. The lowest BCUT2D eigenvalue weighted by Crippen LogP contribution is -2.14. The van der Waals surface area contributed by atoms with Gasteiger partial charge < -0.3 is 10.1 Å². The normalized spacial score (nSPS) is 10.3. The van der Waals surface area contributed by atoms with Gasteiger partial charge in [0.25, 0.3) is 0 Å². The first-order valence-electron chi connectivity index (χ1n) is 7.98. The summed E-state index contributed by atoms with van der Waals surface area (Å²) in [5, 5.41) is 3.42. The van der Waals surface area contributed by atoms with Crippen LogP contribution in [-0.2, 0) is 11.2 Å². The predicted molar refractivity (Wildman–Crippen MR) is 101 cm³/mol. The molecule has 126 valence electrons. The summed E-state index contributed by atoms with van der Waals surface area (Å²) in [6.07, 6.45) is 0.306. The number of rotatable bonds is 5. The number of aryl methyl sites for hydroxylation is 1. The number of ether oxygens (including phenoxy) is 1. The van der Waals surface area contributed by atoms with Crippen molar-refractivity contribution < 1.29 is 9.53 Å². The van der Waals surface area contributed by atoms with Crippen LogP contribution in [0.3, 0.4) is 0 Å². The molecule has 0 aliphatic rings. The monoisotopic (exact) mass is 351 g/mol. The highest BCUT2D eigenvalue weighted by atomic mass is 35.5. The Morgan fingerprint density at radius 2 is 1.56 bits per heavy atom. The second-order valence-corrected chi connectivity index (χ2v) is 6.15. The number of para-hydroxylation sites is 3. The summed E-state index contributed by atoms with van der Waals surface area (Å²) in [5.74, 6) is 0.997. The maximum atomic E-state index is 12.3. The summed E-state index contributed by atoms with van der Waals surface area (Å²) in [6, 6.07) is 22.4. The van der Waals surface area contributed by atoms with E-state index < -0.39 is 0 Å². The average molecular weight is 352 g/mol. The number of nitrogens with one attached hydrogen (secondary N) is 1. The molecule has 3 rings (SSSR count). The minimum Gasteiger partial charge on any atom is -0.454 e. The van der Waals surface area contributed by atoms with Crippen LogP contribution in [0.15, 0.2) is 72.8 Å². The highest BCUT2D eigenvalue weighted by molar-refractivity contribution is 6.32. The van der Waals surface area contributed by atoms with Crippen LogP contribution in [-0.4, -0.2) is 5.91 Å². The van der Waals surface area contributed by atoms with Crippen LogP contribution >= 0.6 is 11.6 Å². The van der Waals surface area contributed by atoms with Crippen molar-refractivity contribution >= 4 is 23.2 Å². The molecule has 0 aliphatic heterocycles. The summed E-state index contributed by atoms with van der Waals surface area (Å²) < 4.78 is 5.86.